The van der Waals surface area contributed by atoms with Gasteiger partial charge in [0.25, 0.3) is 0 Å². The zero-order chi connectivity index (χ0) is 33.5. The third-order valence-corrected chi connectivity index (χ3v) is 10.9. The third kappa shape index (κ3) is 6.29. The van der Waals surface area contributed by atoms with Crippen LogP contribution in [0.5, 0.6) is 0 Å². The molecule has 49 heavy (non-hydrogen) atoms. The molecule has 0 amide bonds. The van der Waals surface area contributed by atoms with Gasteiger partial charge in [0, 0.05) is 58.0 Å². The lowest BCUT2D eigenvalue weighted by atomic mass is 9.95. The normalized spacial score (nSPS) is 23.8. The second kappa shape index (κ2) is 13.7. The number of aromatic nitrogens is 6. The number of hydrogen-bond donors (Lipinski definition) is 0. The predicted molar refractivity (Wildman–Crippen MR) is 176 cm³/mol. The molecule has 2 aliphatic rings. The summed E-state index contributed by atoms with van der Waals surface area (Å²) >= 11 is 4.39. The SMILES string of the molecule is COC1[C@@H](Sc2cc(-c3nccs3)cnc2-c2nccs2)OC2COC(c3ccccc3)O[C@@H]2[C@@H]1n1cc(-c2cc(F)c(F)c(F)c2)nn1. The Bertz CT molecular complexity index is 2030. The quantitative estimate of drug-likeness (QED) is 0.150. The Labute approximate surface area is 289 Å². The molecule has 3 unspecified atom stereocenters. The molecule has 0 aliphatic carbocycles. The van der Waals surface area contributed by atoms with Crippen LogP contribution >= 0.6 is 34.4 Å². The molecule has 0 spiro atoms. The van der Waals surface area contributed by atoms with E-state index in [2.05, 4.69) is 20.3 Å². The average Bonchev–Trinajstić information content (AvgIpc) is 3.94. The lowest BCUT2D eigenvalue weighted by molar-refractivity contribution is -0.308. The number of benzene rings is 2. The van der Waals surface area contributed by atoms with Crippen LogP contribution in [0.25, 0.3) is 32.5 Å². The summed E-state index contributed by atoms with van der Waals surface area (Å²) in [6.45, 7) is 0.195. The number of hydrogen-bond acceptors (Lipinski definition) is 12. The van der Waals surface area contributed by atoms with Gasteiger partial charge in [-0.1, -0.05) is 47.3 Å². The Hall–Kier alpha value is -4.03. The van der Waals surface area contributed by atoms with E-state index < -0.39 is 53.5 Å². The summed E-state index contributed by atoms with van der Waals surface area (Å²) in [5.74, 6) is -4.22. The summed E-state index contributed by atoms with van der Waals surface area (Å²) in [5.41, 5.74) is 1.86. The minimum atomic E-state index is -1.56. The zero-order valence-corrected chi connectivity index (χ0v) is 27.9. The number of fused-ring (bicyclic) bond motifs is 1. The smallest absolute Gasteiger partial charge is 0.194 e. The number of ether oxygens (including phenoxy) is 4. The standard InChI is InChI=1S/C33H25F3N6O4S3/c1-43-29-27(42-15-22(40-41-42)18-11-20(34)25(36)21(35)12-18)28-23(16-44-32(46-28)17-5-3-2-4-6-17)45-33(29)49-24-13-19(30-37-7-9-47-30)14-39-26(24)31-38-8-10-48-31/h2-15,23,27-29,32-33H,16H2,1H3/t23?,27-,28-,29?,32?,33+/m0/s1. The van der Waals surface area contributed by atoms with Gasteiger partial charge in [0.2, 0.25) is 0 Å². The van der Waals surface area contributed by atoms with Crippen molar-refractivity contribution in [2.45, 2.75) is 41.0 Å². The molecule has 2 saturated heterocycles. The van der Waals surface area contributed by atoms with Crippen molar-refractivity contribution in [2.75, 3.05) is 13.7 Å². The number of nitrogens with zero attached hydrogens (tertiary/aromatic N) is 6. The van der Waals surface area contributed by atoms with Crippen LogP contribution in [-0.4, -0.2) is 67.4 Å². The van der Waals surface area contributed by atoms with E-state index in [-0.39, 0.29) is 17.9 Å². The molecule has 0 saturated carbocycles. The molecule has 8 rings (SSSR count). The molecule has 0 bridgehead atoms. The van der Waals surface area contributed by atoms with Gasteiger partial charge in [-0.15, -0.1) is 27.8 Å². The number of thiazole rings is 2. The highest BCUT2D eigenvalue weighted by Crippen LogP contribution is 2.46. The first kappa shape index (κ1) is 32.2. The van der Waals surface area contributed by atoms with Gasteiger partial charge < -0.3 is 18.9 Å². The molecular formula is C33H25F3N6O4S3. The van der Waals surface area contributed by atoms with E-state index in [1.807, 2.05) is 47.2 Å². The Kier molecular flexibility index (Phi) is 9.00. The number of halogens is 3. The van der Waals surface area contributed by atoms with Gasteiger partial charge in [0.1, 0.15) is 51.2 Å². The molecule has 2 aliphatic heterocycles. The second-order valence-electron chi connectivity index (χ2n) is 11.1. The van der Waals surface area contributed by atoms with Gasteiger partial charge in [0.15, 0.2) is 23.7 Å². The Morgan fingerprint density at radius 3 is 2.39 bits per heavy atom. The van der Waals surface area contributed by atoms with Gasteiger partial charge in [-0.3, -0.25) is 4.98 Å². The van der Waals surface area contributed by atoms with Crippen molar-refractivity contribution in [3.8, 4) is 32.5 Å². The Morgan fingerprint density at radius 1 is 0.918 bits per heavy atom. The van der Waals surface area contributed by atoms with Crippen LogP contribution in [0, 0.1) is 17.5 Å². The van der Waals surface area contributed by atoms with E-state index in [0.717, 1.165) is 38.2 Å². The van der Waals surface area contributed by atoms with Crippen LogP contribution in [0.2, 0.25) is 0 Å². The van der Waals surface area contributed by atoms with Crippen LogP contribution in [0.3, 0.4) is 0 Å². The van der Waals surface area contributed by atoms with E-state index in [4.69, 9.17) is 23.9 Å². The first-order valence-corrected chi connectivity index (χ1v) is 17.6. The summed E-state index contributed by atoms with van der Waals surface area (Å²) in [5, 5.41) is 13.9. The summed E-state index contributed by atoms with van der Waals surface area (Å²) < 4.78 is 69.3. The molecule has 6 aromatic rings. The Balaban J connectivity index is 1.18. The molecule has 6 heterocycles. The van der Waals surface area contributed by atoms with Crippen molar-refractivity contribution in [3.05, 3.63) is 107 Å². The monoisotopic (exact) mass is 722 g/mol. The molecule has 2 aromatic carbocycles. The summed E-state index contributed by atoms with van der Waals surface area (Å²) in [6.07, 6.45) is 4.18. The van der Waals surface area contributed by atoms with E-state index in [0.29, 0.717) is 5.69 Å². The van der Waals surface area contributed by atoms with Crippen LogP contribution in [0.15, 0.2) is 89.0 Å². The van der Waals surface area contributed by atoms with E-state index in [1.165, 1.54) is 40.6 Å². The van der Waals surface area contributed by atoms with Crippen LogP contribution in [-0.2, 0) is 18.9 Å². The first-order chi connectivity index (χ1) is 24.0. The number of pyridine rings is 1. The van der Waals surface area contributed by atoms with Crippen molar-refractivity contribution >= 4 is 34.4 Å². The van der Waals surface area contributed by atoms with Gasteiger partial charge in [-0.05, 0) is 18.2 Å². The summed E-state index contributed by atoms with van der Waals surface area (Å²) in [6, 6.07) is 12.6. The van der Waals surface area contributed by atoms with Crippen LogP contribution in [0.1, 0.15) is 17.9 Å². The fourth-order valence-electron chi connectivity index (χ4n) is 5.89. The summed E-state index contributed by atoms with van der Waals surface area (Å²) in [4.78, 5) is 14.5. The van der Waals surface area contributed by atoms with Crippen LogP contribution in [0.4, 0.5) is 13.2 Å². The molecule has 10 nitrogen and oxygen atoms in total. The molecule has 6 atom stereocenters. The minimum Gasteiger partial charge on any atom is -0.375 e. The lowest BCUT2D eigenvalue weighted by Gasteiger charge is -2.48. The van der Waals surface area contributed by atoms with Crippen molar-refractivity contribution in [2.24, 2.45) is 0 Å². The number of thioether (sulfide) groups is 1. The highest BCUT2D eigenvalue weighted by molar-refractivity contribution is 8.00. The first-order valence-electron chi connectivity index (χ1n) is 15.0. The minimum absolute atomic E-state index is 0.0272. The molecule has 250 valence electrons. The maximum absolute atomic E-state index is 14.2. The van der Waals surface area contributed by atoms with Gasteiger partial charge in [-0.25, -0.2) is 27.8 Å². The lowest BCUT2D eigenvalue weighted by Crippen LogP contribution is -2.59. The maximum atomic E-state index is 14.2. The third-order valence-electron chi connectivity index (χ3n) is 8.16. The van der Waals surface area contributed by atoms with E-state index >= 15 is 0 Å². The number of rotatable bonds is 8. The van der Waals surface area contributed by atoms with Crippen molar-refractivity contribution in [1.82, 2.24) is 29.9 Å². The average molecular weight is 723 g/mol. The molecule has 16 heteroatoms. The predicted octanol–water partition coefficient (Wildman–Crippen LogP) is 7.19. The van der Waals surface area contributed by atoms with E-state index in [9.17, 15) is 13.2 Å². The van der Waals surface area contributed by atoms with Gasteiger partial charge in [-0.2, -0.15) is 0 Å². The van der Waals surface area contributed by atoms with Gasteiger partial charge in [0.05, 0.1) is 12.8 Å². The van der Waals surface area contributed by atoms with Crippen molar-refractivity contribution in [3.63, 3.8) is 0 Å². The van der Waals surface area contributed by atoms with Crippen molar-refractivity contribution in [1.29, 1.82) is 0 Å². The molecule has 2 fully saturated rings. The van der Waals surface area contributed by atoms with Crippen molar-refractivity contribution < 1.29 is 32.1 Å². The highest BCUT2D eigenvalue weighted by Gasteiger charge is 2.52. The Morgan fingerprint density at radius 2 is 1.67 bits per heavy atom. The maximum Gasteiger partial charge on any atom is 0.194 e. The van der Waals surface area contributed by atoms with E-state index in [1.54, 1.807) is 30.4 Å². The molecule has 0 radical (unpaired) electrons. The number of methoxy groups -OCH3 is 1. The largest absolute Gasteiger partial charge is 0.375 e. The molecule has 0 N–H and O–H groups in total. The fourth-order valence-corrected chi connectivity index (χ4v) is 8.54. The van der Waals surface area contributed by atoms with Gasteiger partial charge >= 0.3 is 0 Å². The summed E-state index contributed by atoms with van der Waals surface area (Å²) in [7, 11) is 1.57. The fraction of sp³-hybridized carbons (Fsp3) is 0.242. The zero-order valence-electron chi connectivity index (χ0n) is 25.4. The highest BCUT2D eigenvalue weighted by atomic mass is 32.2. The topological polar surface area (TPSA) is 106 Å². The second-order valence-corrected chi connectivity index (χ2v) is 14.0. The molecule has 4 aromatic heterocycles. The van der Waals surface area contributed by atoms with Crippen LogP contribution < -0.4 is 0 Å². The molecular weight excluding hydrogens is 698 g/mol.